The molecule has 208 valence electrons. The van der Waals surface area contributed by atoms with Crippen molar-refractivity contribution in [2.45, 2.75) is 51.5 Å². The molecule has 4 aromatic rings. The van der Waals surface area contributed by atoms with E-state index in [2.05, 4.69) is 46.1 Å². The summed E-state index contributed by atoms with van der Waals surface area (Å²) in [5.74, 6) is 0.948. The number of benzene rings is 2. The molecule has 2 aromatic carbocycles. The fraction of sp³-hybridized carbons (Fsp3) is 0.419. The lowest BCUT2D eigenvalue weighted by atomic mass is 10.00. The van der Waals surface area contributed by atoms with Gasteiger partial charge in [-0.25, -0.2) is 9.97 Å². The summed E-state index contributed by atoms with van der Waals surface area (Å²) in [7, 11) is 5.91. The van der Waals surface area contributed by atoms with E-state index in [9.17, 15) is 10.1 Å². The summed E-state index contributed by atoms with van der Waals surface area (Å²) >= 11 is 0. The average molecular weight is 540 g/mol. The predicted molar refractivity (Wildman–Crippen MR) is 161 cm³/mol. The van der Waals surface area contributed by atoms with Crippen LogP contribution in [0.4, 0.5) is 23.0 Å². The molecule has 3 heterocycles. The lowest BCUT2D eigenvalue weighted by Gasteiger charge is -2.23. The molecule has 2 aliphatic rings. The number of nitrogens with one attached hydrogen (secondary N) is 1. The van der Waals surface area contributed by atoms with Gasteiger partial charge in [0.2, 0.25) is 5.95 Å². The number of aryl methyl sites for hydroxylation is 3. The van der Waals surface area contributed by atoms with E-state index in [4.69, 9.17) is 9.97 Å². The van der Waals surface area contributed by atoms with E-state index in [1.807, 2.05) is 38.3 Å². The molecular weight excluding hydrogens is 502 g/mol. The van der Waals surface area contributed by atoms with Gasteiger partial charge in [0.25, 0.3) is 5.69 Å². The van der Waals surface area contributed by atoms with Crippen molar-refractivity contribution in [3.63, 3.8) is 0 Å². The fourth-order valence-electron chi connectivity index (χ4n) is 5.88. The van der Waals surface area contributed by atoms with Gasteiger partial charge in [-0.05, 0) is 69.3 Å². The summed E-state index contributed by atoms with van der Waals surface area (Å²) in [6.45, 7) is 4.57. The van der Waals surface area contributed by atoms with Crippen molar-refractivity contribution in [3.8, 4) is 11.3 Å². The topological polar surface area (TPSA) is 92.4 Å². The van der Waals surface area contributed by atoms with Gasteiger partial charge in [-0.3, -0.25) is 10.1 Å². The van der Waals surface area contributed by atoms with Gasteiger partial charge in [-0.1, -0.05) is 25.1 Å². The van der Waals surface area contributed by atoms with Crippen molar-refractivity contribution < 1.29 is 4.92 Å². The molecule has 2 aromatic heterocycles. The molecule has 0 amide bonds. The largest absolute Gasteiger partial charge is 0.368 e. The molecule has 0 atom stereocenters. The van der Waals surface area contributed by atoms with Crippen molar-refractivity contribution in [1.82, 2.24) is 19.4 Å². The third-order valence-electron chi connectivity index (χ3n) is 8.23. The Morgan fingerprint density at radius 1 is 1.18 bits per heavy atom. The van der Waals surface area contributed by atoms with Crippen LogP contribution in [-0.2, 0) is 19.4 Å². The summed E-state index contributed by atoms with van der Waals surface area (Å²) in [6.07, 6.45) is 9.49. The molecule has 0 spiro atoms. The van der Waals surface area contributed by atoms with Crippen LogP contribution in [0.15, 0.2) is 42.7 Å². The highest BCUT2D eigenvalue weighted by atomic mass is 16.6. The first kappa shape index (κ1) is 26.3. The molecule has 0 radical (unpaired) electrons. The number of nitro benzene ring substituents is 1. The number of anilines is 3. The molecule has 0 unspecified atom stereocenters. The van der Waals surface area contributed by atoms with Gasteiger partial charge < -0.3 is 19.7 Å². The number of hydrogen-bond donors (Lipinski definition) is 1. The maximum Gasteiger partial charge on any atom is 0.294 e. The van der Waals surface area contributed by atoms with Crippen LogP contribution in [0.5, 0.6) is 0 Å². The van der Waals surface area contributed by atoms with E-state index < -0.39 is 0 Å². The third kappa shape index (κ3) is 4.90. The van der Waals surface area contributed by atoms with Crippen LogP contribution >= 0.6 is 0 Å². The van der Waals surface area contributed by atoms with E-state index in [0.29, 0.717) is 29.8 Å². The Labute approximate surface area is 235 Å². The summed E-state index contributed by atoms with van der Waals surface area (Å²) in [5.41, 5.74) is 8.36. The van der Waals surface area contributed by atoms with Gasteiger partial charge in [-0.2, -0.15) is 0 Å². The summed E-state index contributed by atoms with van der Waals surface area (Å²) in [5, 5.41) is 16.7. The molecule has 1 saturated carbocycles. The maximum absolute atomic E-state index is 12.1. The lowest BCUT2D eigenvalue weighted by Crippen LogP contribution is -2.29. The van der Waals surface area contributed by atoms with E-state index in [1.54, 1.807) is 6.07 Å². The van der Waals surface area contributed by atoms with E-state index in [1.165, 1.54) is 22.0 Å². The summed E-state index contributed by atoms with van der Waals surface area (Å²) in [6, 6.07) is 10.2. The van der Waals surface area contributed by atoms with E-state index >= 15 is 0 Å². The third-order valence-corrected chi connectivity index (χ3v) is 8.23. The van der Waals surface area contributed by atoms with Crippen LogP contribution in [0.2, 0.25) is 0 Å². The second-order valence-corrected chi connectivity index (χ2v) is 11.4. The van der Waals surface area contributed by atoms with Crippen molar-refractivity contribution in [1.29, 1.82) is 0 Å². The Hall–Kier alpha value is -3.98. The maximum atomic E-state index is 12.1. The molecule has 6 rings (SSSR count). The predicted octanol–water partition coefficient (Wildman–Crippen LogP) is 6.13. The number of nitro groups is 1. The molecule has 1 N–H and O–H groups in total. The first-order valence-corrected chi connectivity index (χ1v) is 14.3. The van der Waals surface area contributed by atoms with Crippen LogP contribution < -0.4 is 10.2 Å². The van der Waals surface area contributed by atoms with Gasteiger partial charge in [0, 0.05) is 61.7 Å². The van der Waals surface area contributed by atoms with Crippen LogP contribution in [0.3, 0.4) is 0 Å². The molecule has 0 saturated heterocycles. The molecular formula is C31H37N7O2. The zero-order valence-corrected chi connectivity index (χ0v) is 23.8. The van der Waals surface area contributed by atoms with E-state index in [-0.39, 0.29) is 10.6 Å². The van der Waals surface area contributed by atoms with E-state index in [0.717, 1.165) is 62.0 Å². The zero-order chi connectivity index (χ0) is 28.0. The molecule has 40 heavy (non-hydrogen) atoms. The highest BCUT2D eigenvalue weighted by Crippen LogP contribution is 2.46. The summed E-state index contributed by atoms with van der Waals surface area (Å²) < 4.78 is 2.37. The van der Waals surface area contributed by atoms with Crippen LogP contribution in [-0.4, -0.2) is 58.6 Å². The van der Waals surface area contributed by atoms with Gasteiger partial charge in [0.1, 0.15) is 5.69 Å². The molecule has 1 fully saturated rings. The van der Waals surface area contributed by atoms with Crippen LogP contribution in [0, 0.1) is 10.1 Å². The molecule has 1 aliphatic carbocycles. The number of nitrogens with zero attached hydrogens (tertiary/aromatic N) is 6. The second-order valence-electron chi connectivity index (χ2n) is 11.4. The minimum absolute atomic E-state index is 0.0739. The number of hydrogen-bond acceptors (Lipinski definition) is 7. The minimum Gasteiger partial charge on any atom is -0.368 e. The first-order chi connectivity index (χ1) is 19.3. The van der Waals surface area contributed by atoms with Gasteiger partial charge in [0.15, 0.2) is 0 Å². The number of likely N-dealkylation sites (N-methyl/N-ethyl adjacent to an activating group) is 2. The van der Waals surface area contributed by atoms with Crippen LogP contribution in [0.25, 0.3) is 22.2 Å². The Kier molecular flexibility index (Phi) is 6.92. The molecule has 9 nitrogen and oxygen atoms in total. The normalized spacial score (nSPS) is 14.6. The number of aromatic nitrogens is 3. The van der Waals surface area contributed by atoms with Crippen molar-refractivity contribution in [2.75, 3.05) is 44.4 Å². The monoisotopic (exact) mass is 539 g/mol. The Morgan fingerprint density at radius 3 is 2.73 bits per heavy atom. The quantitative estimate of drug-likeness (QED) is 0.191. The standard InChI is InChI=1S/C31H37N7O2/c1-5-20-16-27(36(4)15-14-35(2)3)28(38(39)40)17-26(20)33-31-32-18-24(21-11-12-21)29(34-31)25-19-37-13-7-9-22-8-6-10-23(25)30(22)37/h6,8,10,16-19,21H,5,7,9,11-15H2,1-4H3,(H,32,33,34). The van der Waals surface area contributed by atoms with Crippen molar-refractivity contribution >= 4 is 33.9 Å². The SMILES string of the molecule is CCc1cc(N(C)CCN(C)C)c([N+](=O)[O-])cc1Nc1ncc(C2CC2)c(-c2cn3c4c(cccc24)CCC3)n1. The average Bonchev–Trinajstić information content (AvgIpc) is 3.73. The minimum atomic E-state index is -0.303. The smallest absolute Gasteiger partial charge is 0.294 e. The summed E-state index contributed by atoms with van der Waals surface area (Å²) in [4.78, 5) is 25.6. The zero-order valence-electron chi connectivity index (χ0n) is 23.8. The number of rotatable bonds is 10. The number of para-hydroxylation sites is 1. The van der Waals surface area contributed by atoms with Crippen molar-refractivity contribution in [3.05, 3.63) is 69.5 Å². The molecule has 0 bridgehead atoms. The van der Waals surface area contributed by atoms with Gasteiger partial charge >= 0.3 is 0 Å². The second kappa shape index (κ2) is 10.5. The molecule has 9 heteroatoms. The van der Waals surface area contributed by atoms with Crippen molar-refractivity contribution in [2.24, 2.45) is 0 Å². The fourth-order valence-corrected chi connectivity index (χ4v) is 5.88. The Morgan fingerprint density at radius 2 is 2.00 bits per heavy atom. The molecule has 1 aliphatic heterocycles. The lowest BCUT2D eigenvalue weighted by molar-refractivity contribution is -0.384. The van der Waals surface area contributed by atoms with Gasteiger partial charge in [0.05, 0.1) is 21.8 Å². The highest BCUT2D eigenvalue weighted by Gasteiger charge is 2.30. The highest BCUT2D eigenvalue weighted by molar-refractivity contribution is 5.98. The van der Waals surface area contributed by atoms with Crippen LogP contribution in [0.1, 0.15) is 48.8 Å². The van der Waals surface area contributed by atoms with Gasteiger partial charge in [-0.15, -0.1) is 0 Å². The Bertz CT molecular complexity index is 1590. The Balaban J connectivity index is 1.40. The first-order valence-electron chi connectivity index (χ1n) is 14.3.